The maximum Gasteiger partial charge on any atom is 0.157 e. The van der Waals surface area contributed by atoms with Gasteiger partial charge in [-0.1, -0.05) is 13.8 Å². The van der Waals surface area contributed by atoms with Gasteiger partial charge in [0.05, 0.1) is 18.3 Å². The van der Waals surface area contributed by atoms with E-state index in [0.717, 1.165) is 0 Å². The van der Waals surface area contributed by atoms with Crippen molar-refractivity contribution in [2.45, 2.75) is 38.4 Å². The maximum absolute atomic E-state index is 9.48. The smallest absolute Gasteiger partial charge is 0.157 e. The molecule has 1 aliphatic carbocycles. The lowest BCUT2D eigenvalue weighted by Gasteiger charge is -2.17. The summed E-state index contributed by atoms with van der Waals surface area (Å²) >= 11 is 0. The van der Waals surface area contributed by atoms with Gasteiger partial charge in [-0.05, 0) is 0 Å². The standard InChI is InChI=1S/C9H14O3/c1-3-5-6(12-9(3)10)4(2)7-8(5)11-7/h3-10H,1-2H3/t3-,4+,5+,6+,7-,8+,9-/m1/s1. The van der Waals surface area contributed by atoms with E-state index in [1.54, 1.807) is 0 Å². The molecule has 12 heavy (non-hydrogen) atoms. The fourth-order valence-corrected chi connectivity index (χ4v) is 2.88. The summed E-state index contributed by atoms with van der Waals surface area (Å²) in [6.45, 7) is 4.20. The van der Waals surface area contributed by atoms with Crippen molar-refractivity contribution in [3.8, 4) is 0 Å². The summed E-state index contributed by atoms with van der Waals surface area (Å²) in [5.74, 6) is 1.16. The van der Waals surface area contributed by atoms with Gasteiger partial charge in [0.25, 0.3) is 0 Å². The minimum atomic E-state index is -0.562. The third-order valence-corrected chi connectivity index (χ3v) is 3.71. The topological polar surface area (TPSA) is 42.0 Å². The van der Waals surface area contributed by atoms with Crippen molar-refractivity contribution in [2.75, 3.05) is 0 Å². The van der Waals surface area contributed by atoms with Crippen LogP contribution in [0.2, 0.25) is 0 Å². The van der Waals surface area contributed by atoms with Gasteiger partial charge in [0.2, 0.25) is 0 Å². The Balaban J connectivity index is 1.89. The average Bonchev–Trinajstić information content (AvgIpc) is 2.70. The van der Waals surface area contributed by atoms with E-state index in [1.165, 1.54) is 0 Å². The molecule has 68 valence electrons. The second-order valence-electron chi connectivity index (χ2n) is 4.35. The van der Waals surface area contributed by atoms with E-state index in [-0.39, 0.29) is 12.0 Å². The zero-order valence-corrected chi connectivity index (χ0v) is 7.31. The second kappa shape index (κ2) is 2.03. The van der Waals surface area contributed by atoms with Crippen molar-refractivity contribution in [3.05, 3.63) is 0 Å². The van der Waals surface area contributed by atoms with E-state index < -0.39 is 6.29 Å². The first kappa shape index (κ1) is 7.30. The Bertz CT molecular complexity index is 218. The number of fused-ring (bicyclic) bond motifs is 3. The van der Waals surface area contributed by atoms with Gasteiger partial charge in [0.1, 0.15) is 0 Å². The van der Waals surface area contributed by atoms with Gasteiger partial charge in [-0.25, -0.2) is 0 Å². The molecular formula is C9H14O3. The van der Waals surface area contributed by atoms with Crippen LogP contribution in [-0.2, 0) is 9.47 Å². The molecule has 0 bridgehead atoms. The molecule has 0 aromatic heterocycles. The molecule has 1 N–H and O–H groups in total. The predicted octanol–water partition coefficient (Wildman–Crippen LogP) is 0.373. The molecule has 3 rings (SSSR count). The van der Waals surface area contributed by atoms with Crippen LogP contribution >= 0.6 is 0 Å². The van der Waals surface area contributed by atoms with Crippen LogP contribution in [0.5, 0.6) is 0 Å². The first-order valence-corrected chi connectivity index (χ1v) is 4.69. The van der Waals surface area contributed by atoms with Crippen LogP contribution in [0, 0.1) is 17.8 Å². The number of rotatable bonds is 0. The van der Waals surface area contributed by atoms with E-state index >= 15 is 0 Å². The normalized spacial score (nSPS) is 67.8. The Labute approximate surface area is 71.7 Å². The Morgan fingerprint density at radius 1 is 0.917 bits per heavy atom. The summed E-state index contributed by atoms with van der Waals surface area (Å²) < 4.78 is 11.0. The molecule has 3 fully saturated rings. The summed E-state index contributed by atoms with van der Waals surface area (Å²) in [4.78, 5) is 0. The van der Waals surface area contributed by atoms with Crippen LogP contribution in [0.25, 0.3) is 0 Å². The third kappa shape index (κ3) is 0.679. The van der Waals surface area contributed by atoms with Gasteiger partial charge < -0.3 is 14.6 Å². The van der Waals surface area contributed by atoms with Gasteiger partial charge >= 0.3 is 0 Å². The summed E-state index contributed by atoms with van der Waals surface area (Å²) in [5, 5.41) is 9.48. The van der Waals surface area contributed by atoms with E-state index in [0.29, 0.717) is 24.0 Å². The summed E-state index contributed by atoms with van der Waals surface area (Å²) in [7, 11) is 0. The van der Waals surface area contributed by atoms with E-state index in [9.17, 15) is 5.11 Å². The Morgan fingerprint density at radius 2 is 1.67 bits per heavy atom. The first-order valence-electron chi connectivity index (χ1n) is 4.69. The van der Waals surface area contributed by atoms with E-state index in [4.69, 9.17) is 9.47 Å². The Morgan fingerprint density at radius 3 is 2.33 bits per heavy atom. The summed E-state index contributed by atoms with van der Waals surface area (Å²) in [6.07, 6.45) is 0.499. The second-order valence-corrected chi connectivity index (χ2v) is 4.35. The number of hydrogen-bond donors (Lipinski definition) is 1. The highest BCUT2D eigenvalue weighted by molar-refractivity contribution is 5.11. The van der Waals surface area contributed by atoms with Crippen LogP contribution in [0.3, 0.4) is 0 Å². The van der Waals surface area contributed by atoms with Crippen molar-refractivity contribution in [1.82, 2.24) is 0 Å². The van der Waals surface area contributed by atoms with Gasteiger partial charge in [-0.15, -0.1) is 0 Å². The van der Waals surface area contributed by atoms with Crippen LogP contribution < -0.4 is 0 Å². The lowest BCUT2D eigenvalue weighted by molar-refractivity contribution is -0.118. The number of aliphatic hydroxyl groups excluding tert-OH is 1. The lowest BCUT2D eigenvalue weighted by Crippen LogP contribution is -2.24. The van der Waals surface area contributed by atoms with E-state index in [2.05, 4.69) is 6.92 Å². The molecule has 0 spiro atoms. The minimum absolute atomic E-state index is 0.245. The average molecular weight is 170 g/mol. The van der Waals surface area contributed by atoms with Crippen molar-refractivity contribution in [1.29, 1.82) is 0 Å². The molecule has 2 saturated heterocycles. The molecule has 0 aromatic rings. The summed E-state index contributed by atoms with van der Waals surface area (Å²) in [5.41, 5.74) is 0. The predicted molar refractivity (Wildman–Crippen MR) is 41.4 cm³/mol. The fraction of sp³-hybridized carbons (Fsp3) is 1.00. The number of ether oxygens (including phenoxy) is 2. The molecule has 0 radical (unpaired) electrons. The summed E-state index contributed by atoms with van der Waals surface area (Å²) in [6, 6.07) is 0. The molecule has 0 amide bonds. The number of aliphatic hydroxyl groups is 1. The fourth-order valence-electron chi connectivity index (χ4n) is 2.88. The molecule has 3 nitrogen and oxygen atoms in total. The van der Waals surface area contributed by atoms with Crippen LogP contribution in [0.1, 0.15) is 13.8 Å². The zero-order valence-electron chi connectivity index (χ0n) is 7.31. The van der Waals surface area contributed by atoms with Crippen LogP contribution in [0.4, 0.5) is 0 Å². The highest BCUT2D eigenvalue weighted by atomic mass is 16.6. The molecule has 0 aromatic carbocycles. The van der Waals surface area contributed by atoms with Crippen LogP contribution in [-0.4, -0.2) is 29.7 Å². The van der Waals surface area contributed by atoms with Crippen molar-refractivity contribution in [2.24, 2.45) is 17.8 Å². The van der Waals surface area contributed by atoms with Crippen LogP contribution in [0.15, 0.2) is 0 Å². The van der Waals surface area contributed by atoms with Crippen molar-refractivity contribution >= 4 is 0 Å². The lowest BCUT2D eigenvalue weighted by atomic mass is 9.91. The van der Waals surface area contributed by atoms with Gasteiger partial charge in [0, 0.05) is 17.8 Å². The van der Waals surface area contributed by atoms with E-state index in [1.807, 2.05) is 6.92 Å². The maximum atomic E-state index is 9.48. The Kier molecular flexibility index (Phi) is 1.23. The van der Waals surface area contributed by atoms with Crippen molar-refractivity contribution < 1.29 is 14.6 Å². The molecule has 3 aliphatic rings. The minimum Gasteiger partial charge on any atom is -0.369 e. The SMILES string of the molecule is C[C@@H]1[C@H]2O[C@H]2[C@H]2[C@@H](C)[C@H](O)O[C@@H]12. The molecular weight excluding hydrogens is 156 g/mol. The molecule has 0 unspecified atom stereocenters. The monoisotopic (exact) mass is 170 g/mol. The van der Waals surface area contributed by atoms with Crippen molar-refractivity contribution in [3.63, 3.8) is 0 Å². The molecule has 2 heterocycles. The van der Waals surface area contributed by atoms with Gasteiger partial charge in [-0.3, -0.25) is 0 Å². The molecule has 2 aliphatic heterocycles. The number of epoxide rings is 1. The van der Waals surface area contributed by atoms with Gasteiger partial charge in [0.15, 0.2) is 6.29 Å². The molecule has 1 saturated carbocycles. The third-order valence-electron chi connectivity index (χ3n) is 3.71. The Hall–Kier alpha value is -0.120. The zero-order chi connectivity index (χ0) is 8.46. The highest BCUT2D eigenvalue weighted by Gasteiger charge is 2.66. The number of hydrogen-bond acceptors (Lipinski definition) is 3. The molecule has 3 heteroatoms. The highest BCUT2D eigenvalue weighted by Crippen LogP contribution is 2.55. The quantitative estimate of drug-likeness (QED) is 0.534. The molecule has 7 atom stereocenters. The van der Waals surface area contributed by atoms with Gasteiger partial charge in [-0.2, -0.15) is 0 Å². The first-order chi connectivity index (χ1) is 5.70. The largest absolute Gasteiger partial charge is 0.369 e.